The highest BCUT2D eigenvalue weighted by molar-refractivity contribution is 5.71. The van der Waals surface area contributed by atoms with E-state index in [0.717, 1.165) is 12.8 Å². The molecule has 0 saturated carbocycles. The van der Waals surface area contributed by atoms with Gasteiger partial charge in [0.25, 0.3) is 6.08 Å². The Labute approximate surface area is 70.2 Å². The lowest BCUT2D eigenvalue weighted by atomic mass is 10.3. The van der Waals surface area contributed by atoms with Crippen LogP contribution in [0.5, 0.6) is 0 Å². The molecule has 0 aromatic rings. The maximum atomic E-state index is 11.4. The zero-order chi connectivity index (χ0) is 9.40. The second-order valence-corrected chi connectivity index (χ2v) is 2.27. The molecule has 0 N–H and O–H groups in total. The molecule has 0 aromatic carbocycles. The minimum atomic E-state index is -1.84. The Hall–Kier alpha value is -0.930. The summed E-state index contributed by atoms with van der Waals surface area (Å²) in [6.45, 7) is 2.27. The highest BCUT2D eigenvalue weighted by atomic mass is 19.3. The molecule has 0 aliphatic carbocycles. The third-order valence-electron chi connectivity index (χ3n) is 1.18. The van der Waals surface area contributed by atoms with Crippen LogP contribution in [0.1, 0.15) is 26.2 Å². The van der Waals surface area contributed by atoms with Crippen LogP contribution in [0.3, 0.4) is 0 Å². The van der Waals surface area contributed by atoms with Crippen molar-refractivity contribution in [3.63, 3.8) is 0 Å². The quantitative estimate of drug-likeness (QED) is 0.477. The summed E-state index contributed by atoms with van der Waals surface area (Å²) < 4.78 is 27.5. The zero-order valence-corrected chi connectivity index (χ0v) is 6.98. The molecule has 12 heavy (non-hydrogen) atoms. The number of carbonyl (C=O) groups excluding carboxylic acids is 1. The molecular formula is C8H12F2O2. The van der Waals surface area contributed by atoms with Crippen LogP contribution in [-0.2, 0) is 9.53 Å². The first-order valence-electron chi connectivity index (χ1n) is 3.83. The first kappa shape index (κ1) is 11.1. The average Bonchev–Trinajstić information content (AvgIpc) is 2.01. The first-order chi connectivity index (χ1) is 5.66. The van der Waals surface area contributed by atoms with Gasteiger partial charge in [0.15, 0.2) is 0 Å². The molecule has 0 rings (SSSR count). The Bertz CT molecular complexity index is 162. The molecule has 0 unspecified atom stereocenters. The second-order valence-electron chi connectivity index (χ2n) is 2.27. The molecule has 0 spiro atoms. The molecule has 0 amide bonds. The highest BCUT2D eigenvalue weighted by Gasteiger charge is 2.00. The minimum absolute atomic E-state index is 0.317. The van der Waals surface area contributed by atoms with Gasteiger partial charge in [-0.2, -0.15) is 8.78 Å². The second kappa shape index (κ2) is 6.76. The van der Waals surface area contributed by atoms with Crippen LogP contribution in [-0.4, -0.2) is 12.6 Å². The predicted molar refractivity (Wildman–Crippen MR) is 40.8 cm³/mol. The molecule has 0 atom stereocenters. The molecule has 0 saturated heterocycles. The lowest BCUT2D eigenvalue weighted by Gasteiger charge is -1.99. The van der Waals surface area contributed by atoms with Gasteiger partial charge in [0, 0.05) is 0 Å². The molecule has 0 heterocycles. The number of hydrogen-bond donors (Lipinski definition) is 0. The van der Waals surface area contributed by atoms with Crippen LogP contribution < -0.4 is 0 Å². The Kier molecular flexibility index (Phi) is 6.24. The van der Waals surface area contributed by atoms with Gasteiger partial charge in [-0.15, -0.1) is 0 Å². The maximum absolute atomic E-state index is 11.4. The third-order valence-corrected chi connectivity index (χ3v) is 1.18. The van der Waals surface area contributed by atoms with Crippen molar-refractivity contribution < 1.29 is 18.3 Å². The summed E-state index contributed by atoms with van der Waals surface area (Å²) in [5.74, 6) is -0.601. The number of rotatable bonds is 5. The standard InChI is InChI=1S/C8H12F2O2/c1-2-3-6-12-8(11)5-4-7(9)10/h4H,2-3,5-6H2,1H3. The van der Waals surface area contributed by atoms with E-state index in [2.05, 4.69) is 4.74 Å². The fraction of sp³-hybridized carbons (Fsp3) is 0.625. The van der Waals surface area contributed by atoms with Gasteiger partial charge in [-0.25, -0.2) is 0 Å². The monoisotopic (exact) mass is 178 g/mol. The largest absolute Gasteiger partial charge is 0.465 e. The Morgan fingerprint density at radius 1 is 1.50 bits per heavy atom. The molecule has 4 heteroatoms. The summed E-state index contributed by atoms with van der Waals surface area (Å²) in [6, 6.07) is 0. The summed E-state index contributed by atoms with van der Waals surface area (Å²) in [5, 5.41) is 0. The van der Waals surface area contributed by atoms with E-state index in [4.69, 9.17) is 0 Å². The van der Waals surface area contributed by atoms with E-state index < -0.39 is 12.0 Å². The summed E-state index contributed by atoms with van der Waals surface area (Å²) in [4.78, 5) is 10.6. The van der Waals surface area contributed by atoms with Crippen LogP contribution in [0, 0.1) is 0 Å². The predicted octanol–water partition coefficient (Wildman–Crippen LogP) is 2.50. The molecule has 0 aliphatic rings. The van der Waals surface area contributed by atoms with Crippen molar-refractivity contribution in [2.75, 3.05) is 6.61 Å². The van der Waals surface area contributed by atoms with Crippen molar-refractivity contribution in [3.05, 3.63) is 12.2 Å². The number of carbonyl (C=O) groups is 1. The van der Waals surface area contributed by atoms with Crippen molar-refractivity contribution in [1.82, 2.24) is 0 Å². The van der Waals surface area contributed by atoms with Gasteiger partial charge in [0.2, 0.25) is 0 Å². The van der Waals surface area contributed by atoms with Crippen molar-refractivity contribution in [1.29, 1.82) is 0 Å². The van der Waals surface area contributed by atoms with Crippen molar-refractivity contribution in [3.8, 4) is 0 Å². The summed E-state index contributed by atoms with van der Waals surface area (Å²) >= 11 is 0. The molecule has 0 radical (unpaired) electrons. The van der Waals surface area contributed by atoms with E-state index in [1.165, 1.54) is 0 Å². The van der Waals surface area contributed by atoms with Crippen LogP contribution in [0.2, 0.25) is 0 Å². The van der Waals surface area contributed by atoms with E-state index >= 15 is 0 Å². The van der Waals surface area contributed by atoms with E-state index in [1.807, 2.05) is 6.92 Å². The number of halogens is 2. The molecule has 0 aliphatic heterocycles. The topological polar surface area (TPSA) is 26.3 Å². The number of unbranched alkanes of at least 4 members (excludes halogenated alkanes) is 1. The Balaban J connectivity index is 3.41. The smallest absolute Gasteiger partial charge is 0.309 e. The molecular weight excluding hydrogens is 166 g/mol. The van der Waals surface area contributed by atoms with E-state index in [9.17, 15) is 13.6 Å². The summed E-state index contributed by atoms with van der Waals surface area (Å²) in [5.41, 5.74) is 0. The molecule has 0 aromatic heterocycles. The van der Waals surface area contributed by atoms with E-state index in [-0.39, 0.29) is 6.42 Å². The fourth-order valence-electron chi connectivity index (χ4n) is 0.550. The van der Waals surface area contributed by atoms with E-state index in [0.29, 0.717) is 12.7 Å². The van der Waals surface area contributed by atoms with Gasteiger partial charge in [-0.05, 0) is 12.5 Å². The van der Waals surface area contributed by atoms with Crippen molar-refractivity contribution in [2.45, 2.75) is 26.2 Å². The number of ether oxygens (including phenoxy) is 1. The van der Waals surface area contributed by atoms with Crippen LogP contribution in [0.4, 0.5) is 8.78 Å². The third kappa shape index (κ3) is 7.18. The van der Waals surface area contributed by atoms with Gasteiger partial charge in [-0.1, -0.05) is 13.3 Å². The van der Waals surface area contributed by atoms with Gasteiger partial charge in [0.05, 0.1) is 13.0 Å². The maximum Gasteiger partial charge on any atom is 0.309 e. The molecule has 70 valence electrons. The van der Waals surface area contributed by atoms with Gasteiger partial charge in [-0.3, -0.25) is 4.79 Å². The highest BCUT2D eigenvalue weighted by Crippen LogP contribution is 2.00. The van der Waals surface area contributed by atoms with Crippen LogP contribution >= 0.6 is 0 Å². The Morgan fingerprint density at radius 2 is 2.17 bits per heavy atom. The fourth-order valence-corrected chi connectivity index (χ4v) is 0.550. The Morgan fingerprint density at radius 3 is 2.67 bits per heavy atom. The van der Waals surface area contributed by atoms with Gasteiger partial charge in [0.1, 0.15) is 0 Å². The van der Waals surface area contributed by atoms with E-state index in [1.54, 1.807) is 0 Å². The van der Waals surface area contributed by atoms with Crippen molar-refractivity contribution >= 4 is 5.97 Å². The molecule has 0 bridgehead atoms. The molecule has 2 nitrogen and oxygen atoms in total. The first-order valence-corrected chi connectivity index (χ1v) is 3.83. The van der Waals surface area contributed by atoms with Crippen LogP contribution in [0.25, 0.3) is 0 Å². The average molecular weight is 178 g/mol. The number of hydrogen-bond acceptors (Lipinski definition) is 2. The van der Waals surface area contributed by atoms with Crippen LogP contribution in [0.15, 0.2) is 12.2 Å². The lowest BCUT2D eigenvalue weighted by molar-refractivity contribution is -0.142. The van der Waals surface area contributed by atoms with Gasteiger partial charge >= 0.3 is 5.97 Å². The summed E-state index contributed by atoms with van der Waals surface area (Å²) in [6.07, 6.45) is 0.0523. The normalized spacial score (nSPS) is 9.25. The minimum Gasteiger partial charge on any atom is -0.465 e. The zero-order valence-electron chi connectivity index (χ0n) is 6.98. The SMILES string of the molecule is CCCCOC(=O)CC=C(F)F. The number of esters is 1. The molecule has 0 fully saturated rings. The summed E-state index contributed by atoms with van der Waals surface area (Å²) in [7, 11) is 0. The lowest BCUT2D eigenvalue weighted by Crippen LogP contribution is -2.03. The van der Waals surface area contributed by atoms with Gasteiger partial charge < -0.3 is 4.74 Å². The van der Waals surface area contributed by atoms with Crippen molar-refractivity contribution in [2.24, 2.45) is 0 Å².